The third kappa shape index (κ3) is 2.88. The van der Waals surface area contributed by atoms with Gasteiger partial charge in [-0.2, -0.15) is 0 Å². The van der Waals surface area contributed by atoms with Gasteiger partial charge in [0.15, 0.2) is 0 Å². The largest absolute Gasteiger partial charge is 0.384 e. The lowest BCUT2D eigenvalue weighted by Gasteiger charge is -2.16. The van der Waals surface area contributed by atoms with E-state index in [1.807, 2.05) is 49.4 Å². The fourth-order valence-corrected chi connectivity index (χ4v) is 2.92. The van der Waals surface area contributed by atoms with Crippen molar-refractivity contribution in [3.63, 3.8) is 0 Å². The van der Waals surface area contributed by atoms with E-state index in [4.69, 9.17) is 11.6 Å². The smallest absolute Gasteiger partial charge is 0.251 e. The zero-order chi connectivity index (χ0) is 14.8. The number of carbonyl (C=O) groups is 1. The first-order chi connectivity index (χ1) is 10.1. The Balaban J connectivity index is 1.76. The number of amides is 1. The molecule has 0 bridgehead atoms. The van der Waals surface area contributed by atoms with Crippen LogP contribution in [0.2, 0.25) is 5.02 Å². The number of halogens is 1. The van der Waals surface area contributed by atoms with E-state index in [9.17, 15) is 4.79 Å². The van der Waals surface area contributed by atoms with Crippen LogP contribution in [-0.4, -0.2) is 12.5 Å². The zero-order valence-electron chi connectivity index (χ0n) is 11.8. The van der Waals surface area contributed by atoms with E-state index in [0.29, 0.717) is 10.6 Å². The molecule has 1 aliphatic rings. The summed E-state index contributed by atoms with van der Waals surface area (Å²) < 4.78 is 0. The number of nitrogens with one attached hydrogen (secondary N) is 2. The van der Waals surface area contributed by atoms with Crippen LogP contribution in [0.1, 0.15) is 34.5 Å². The van der Waals surface area contributed by atoms with Gasteiger partial charge < -0.3 is 10.6 Å². The molecule has 0 fully saturated rings. The van der Waals surface area contributed by atoms with Crippen molar-refractivity contribution >= 4 is 23.2 Å². The monoisotopic (exact) mass is 300 g/mol. The summed E-state index contributed by atoms with van der Waals surface area (Å²) in [4.78, 5) is 12.4. The first-order valence-corrected chi connectivity index (χ1v) is 7.45. The van der Waals surface area contributed by atoms with Gasteiger partial charge in [0, 0.05) is 22.8 Å². The van der Waals surface area contributed by atoms with Gasteiger partial charge in [0.2, 0.25) is 0 Å². The minimum absolute atomic E-state index is 0.0843. The molecule has 4 heteroatoms. The van der Waals surface area contributed by atoms with Gasteiger partial charge in [-0.3, -0.25) is 4.79 Å². The molecule has 108 valence electrons. The number of anilines is 1. The highest BCUT2D eigenvalue weighted by Crippen LogP contribution is 2.25. The van der Waals surface area contributed by atoms with Crippen molar-refractivity contribution in [2.45, 2.75) is 19.4 Å². The number of rotatable bonds is 3. The quantitative estimate of drug-likeness (QED) is 0.905. The Bertz CT molecular complexity index is 684. The van der Waals surface area contributed by atoms with Crippen LogP contribution in [0.25, 0.3) is 0 Å². The summed E-state index contributed by atoms with van der Waals surface area (Å²) in [5, 5.41) is 6.95. The molecule has 1 aliphatic heterocycles. The van der Waals surface area contributed by atoms with Gasteiger partial charge in [0.1, 0.15) is 0 Å². The maximum atomic E-state index is 12.4. The zero-order valence-corrected chi connectivity index (χ0v) is 12.6. The van der Waals surface area contributed by atoms with Gasteiger partial charge in [-0.15, -0.1) is 0 Å². The molecule has 0 unspecified atom stereocenters. The molecule has 21 heavy (non-hydrogen) atoms. The van der Waals surface area contributed by atoms with E-state index in [1.165, 1.54) is 5.56 Å². The summed E-state index contributed by atoms with van der Waals surface area (Å²) in [5.41, 5.74) is 3.92. The first-order valence-electron chi connectivity index (χ1n) is 7.07. The maximum Gasteiger partial charge on any atom is 0.251 e. The Labute approximate surface area is 129 Å². The van der Waals surface area contributed by atoms with Crippen molar-refractivity contribution in [3.8, 4) is 0 Å². The Morgan fingerprint density at radius 3 is 2.90 bits per heavy atom. The van der Waals surface area contributed by atoms with Crippen LogP contribution in [0.3, 0.4) is 0 Å². The second-order valence-electron chi connectivity index (χ2n) is 5.27. The van der Waals surface area contributed by atoms with E-state index in [2.05, 4.69) is 10.6 Å². The molecule has 0 radical (unpaired) electrons. The second-order valence-corrected chi connectivity index (χ2v) is 5.67. The minimum Gasteiger partial charge on any atom is -0.384 e. The van der Waals surface area contributed by atoms with Gasteiger partial charge in [-0.25, -0.2) is 0 Å². The lowest BCUT2D eigenvalue weighted by atomic mass is 10.1. The van der Waals surface area contributed by atoms with Crippen LogP contribution in [0.15, 0.2) is 42.5 Å². The minimum atomic E-state index is -0.132. The van der Waals surface area contributed by atoms with Gasteiger partial charge in [-0.05, 0) is 42.7 Å². The second kappa shape index (κ2) is 5.78. The number of carbonyl (C=O) groups excluding carboxylic acids is 1. The van der Waals surface area contributed by atoms with E-state index >= 15 is 0 Å². The van der Waals surface area contributed by atoms with Crippen molar-refractivity contribution in [2.24, 2.45) is 0 Å². The Hall–Kier alpha value is -2.00. The highest BCUT2D eigenvalue weighted by Gasteiger charge is 2.16. The van der Waals surface area contributed by atoms with E-state index in [0.717, 1.165) is 24.2 Å². The van der Waals surface area contributed by atoms with Gasteiger partial charge in [0.25, 0.3) is 5.91 Å². The molecule has 1 atom stereocenters. The Morgan fingerprint density at radius 1 is 1.29 bits per heavy atom. The summed E-state index contributed by atoms with van der Waals surface area (Å²) in [5.74, 6) is -0.0843. The average molecular weight is 301 g/mol. The topological polar surface area (TPSA) is 41.1 Å². The molecule has 2 aromatic rings. The number of fused-ring (bicyclic) bond motifs is 1. The third-order valence-electron chi connectivity index (χ3n) is 3.80. The Kier molecular flexibility index (Phi) is 3.84. The fraction of sp³-hybridized carbons (Fsp3) is 0.235. The molecule has 3 nitrogen and oxygen atoms in total. The first kappa shape index (κ1) is 14.0. The number of benzene rings is 2. The van der Waals surface area contributed by atoms with Crippen LogP contribution in [0.4, 0.5) is 5.69 Å². The van der Waals surface area contributed by atoms with Crippen molar-refractivity contribution in [3.05, 3.63) is 64.2 Å². The molecule has 0 aromatic heterocycles. The molecule has 1 amide bonds. The number of hydrogen-bond acceptors (Lipinski definition) is 2. The van der Waals surface area contributed by atoms with E-state index < -0.39 is 0 Å². The average Bonchev–Trinajstić information content (AvgIpc) is 2.94. The normalized spacial score (nSPS) is 14.2. The molecular weight excluding hydrogens is 284 g/mol. The molecule has 2 aromatic carbocycles. The lowest BCUT2D eigenvalue weighted by Crippen LogP contribution is -2.26. The van der Waals surface area contributed by atoms with Crippen LogP contribution in [0.5, 0.6) is 0 Å². The molecule has 0 saturated heterocycles. The fourth-order valence-electron chi connectivity index (χ4n) is 2.62. The molecular formula is C17H17ClN2O. The number of hydrogen-bond donors (Lipinski definition) is 2. The van der Waals surface area contributed by atoms with Crippen molar-refractivity contribution in [1.82, 2.24) is 5.32 Å². The lowest BCUT2D eigenvalue weighted by molar-refractivity contribution is 0.0940. The molecule has 0 spiro atoms. The van der Waals surface area contributed by atoms with Gasteiger partial charge in [0.05, 0.1) is 6.04 Å². The summed E-state index contributed by atoms with van der Waals surface area (Å²) in [6.07, 6.45) is 1.02. The molecule has 0 saturated carbocycles. The van der Waals surface area contributed by atoms with Crippen LogP contribution in [-0.2, 0) is 6.42 Å². The van der Waals surface area contributed by atoms with Crippen molar-refractivity contribution in [2.75, 3.05) is 11.9 Å². The van der Waals surface area contributed by atoms with Crippen LogP contribution in [0, 0.1) is 0 Å². The van der Waals surface area contributed by atoms with Crippen molar-refractivity contribution < 1.29 is 4.79 Å². The predicted molar refractivity (Wildman–Crippen MR) is 86.0 cm³/mol. The Morgan fingerprint density at radius 2 is 2.10 bits per heavy atom. The van der Waals surface area contributed by atoms with E-state index in [-0.39, 0.29) is 11.9 Å². The van der Waals surface area contributed by atoms with Crippen molar-refractivity contribution in [1.29, 1.82) is 0 Å². The predicted octanol–water partition coefficient (Wildman–Crippen LogP) is 3.80. The molecule has 2 N–H and O–H groups in total. The third-order valence-corrected chi connectivity index (χ3v) is 4.15. The molecule has 0 aliphatic carbocycles. The highest BCUT2D eigenvalue weighted by molar-refractivity contribution is 6.31. The molecule has 3 rings (SSSR count). The maximum absolute atomic E-state index is 12.4. The highest BCUT2D eigenvalue weighted by atomic mass is 35.5. The van der Waals surface area contributed by atoms with Gasteiger partial charge in [-0.1, -0.05) is 35.9 Å². The molecule has 1 heterocycles. The van der Waals surface area contributed by atoms with Gasteiger partial charge >= 0.3 is 0 Å². The summed E-state index contributed by atoms with van der Waals surface area (Å²) in [6, 6.07) is 13.2. The van der Waals surface area contributed by atoms with E-state index in [1.54, 1.807) is 0 Å². The standard InChI is InChI=1S/C17H17ClN2O/c1-11(14-4-2-3-5-15(14)18)20-17(21)13-7-6-12-8-9-19-16(12)10-13/h2-7,10-11,19H,8-9H2,1H3,(H,20,21)/t11-/m0/s1. The summed E-state index contributed by atoms with van der Waals surface area (Å²) in [6.45, 7) is 2.88. The van der Waals surface area contributed by atoms with Crippen LogP contribution >= 0.6 is 11.6 Å². The SMILES string of the molecule is C[C@H](NC(=O)c1ccc2c(c1)NCC2)c1ccccc1Cl. The van der Waals surface area contributed by atoms with Crippen LogP contribution < -0.4 is 10.6 Å². The summed E-state index contributed by atoms with van der Waals surface area (Å²) >= 11 is 6.16. The summed E-state index contributed by atoms with van der Waals surface area (Å²) in [7, 11) is 0.